The highest BCUT2D eigenvalue weighted by Gasteiger charge is 2.26. The summed E-state index contributed by atoms with van der Waals surface area (Å²) in [6.07, 6.45) is 1.15. The van der Waals surface area contributed by atoms with Crippen molar-refractivity contribution >= 4 is 17.4 Å². The molecule has 1 atom stereocenters. The number of likely N-dealkylation sites (N-methyl/N-ethyl adjacent to an activating group) is 1. The molecule has 1 unspecified atom stereocenters. The summed E-state index contributed by atoms with van der Waals surface area (Å²) in [4.78, 5) is 14.0. The second-order valence-corrected chi connectivity index (χ2v) is 6.32. The van der Waals surface area contributed by atoms with Gasteiger partial charge in [-0.2, -0.15) is 0 Å². The number of halogens is 1. The molecular formula is C15H25ClN4. The van der Waals surface area contributed by atoms with Crippen molar-refractivity contribution < 1.29 is 0 Å². The summed E-state index contributed by atoms with van der Waals surface area (Å²) in [6.45, 7) is 11.5. The number of nitrogens with zero attached hydrogens (tertiary/aromatic N) is 4. The van der Waals surface area contributed by atoms with Crippen molar-refractivity contribution in [1.82, 2.24) is 14.9 Å². The summed E-state index contributed by atoms with van der Waals surface area (Å²) >= 11 is 6.29. The van der Waals surface area contributed by atoms with E-state index in [4.69, 9.17) is 16.6 Å². The van der Waals surface area contributed by atoms with Crippen LogP contribution in [-0.4, -0.2) is 47.6 Å². The molecule has 1 aromatic heterocycles. The Kier molecular flexibility index (Phi) is 4.86. The van der Waals surface area contributed by atoms with Crippen LogP contribution in [-0.2, 0) is 0 Å². The maximum atomic E-state index is 6.29. The van der Waals surface area contributed by atoms with Crippen LogP contribution in [0.15, 0.2) is 0 Å². The van der Waals surface area contributed by atoms with Crippen molar-refractivity contribution in [2.45, 2.75) is 46.1 Å². The Morgan fingerprint density at radius 1 is 1.30 bits per heavy atom. The number of piperazine rings is 1. The number of aromatic nitrogens is 2. The van der Waals surface area contributed by atoms with E-state index in [1.807, 2.05) is 6.92 Å². The lowest BCUT2D eigenvalue weighted by atomic mass is 10.1. The summed E-state index contributed by atoms with van der Waals surface area (Å²) in [6, 6.07) is 0.583. The van der Waals surface area contributed by atoms with E-state index in [1.54, 1.807) is 0 Å². The molecule has 20 heavy (non-hydrogen) atoms. The van der Waals surface area contributed by atoms with Crippen molar-refractivity contribution in [2.24, 2.45) is 0 Å². The Balaban J connectivity index is 2.32. The topological polar surface area (TPSA) is 32.3 Å². The summed E-state index contributed by atoms with van der Waals surface area (Å²) in [7, 11) is 2.20. The SMILES string of the molecule is CCC1CN(c2nc(C(C)C)nc(Cl)c2C)CCN1C. The standard InChI is InChI=1S/C15H25ClN4/c1-6-12-9-20(8-7-19(12)5)15-11(4)13(16)17-14(18-15)10(2)3/h10,12H,6-9H2,1-5H3. The van der Waals surface area contributed by atoms with E-state index >= 15 is 0 Å². The summed E-state index contributed by atoms with van der Waals surface area (Å²) in [5, 5.41) is 0.589. The smallest absolute Gasteiger partial charge is 0.137 e. The molecule has 1 fully saturated rings. The predicted molar refractivity (Wildman–Crippen MR) is 84.8 cm³/mol. The van der Waals surface area contributed by atoms with Gasteiger partial charge in [0.25, 0.3) is 0 Å². The van der Waals surface area contributed by atoms with Gasteiger partial charge in [-0.3, -0.25) is 4.90 Å². The van der Waals surface area contributed by atoms with E-state index in [0.717, 1.165) is 43.3 Å². The van der Waals surface area contributed by atoms with E-state index in [0.29, 0.717) is 17.1 Å². The van der Waals surface area contributed by atoms with Gasteiger partial charge in [0.2, 0.25) is 0 Å². The molecule has 1 aliphatic heterocycles. The molecule has 0 aliphatic carbocycles. The van der Waals surface area contributed by atoms with Gasteiger partial charge in [0.15, 0.2) is 0 Å². The molecule has 2 heterocycles. The first-order valence-electron chi connectivity index (χ1n) is 7.43. The normalized spacial score (nSPS) is 20.8. The molecule has 5 heteroatoms. The number of hydrogen-bond acceptors (Lipinski definition) is 4. The minimum absolute atomic E-state index is 0.293. The molecule has 0 saturated carbocycles. The Morgan fingerprint density at radius 3 is 2.60 bits per heavy atom. The Morgan fingerprint density at radius 2 is 2.00 bits per heavy atom. The summed E-state index contributed by atoms with van der Waals surface area (Å²) in [5.41, 5.74) is 0.996. The molecule has 1 saturated heterocycles. The maximum Gasteiger partial charge on any atom is 0.137 e. The second kappa shape index (κ2) is 6.27. The molecule has 0 bridgehead atoms. The minimum Gasteiger partial charge on any atom is -0.353 e. The van der Waals surface area contributed by atoms with Crippen molar-refractivity contribution in [2.75, 3.05) is 31.6 Å². The zero-order valence-corrected chi connectivity index (χ0v) is 13.9. The summed E-state index contributed by atoms with van der Waals surface area (Å²) in [5.74, 6) is 2.14. The molecule has 2 rings (SSSR count). The van der Waals surface area contributed by atoms with Crippen molar-refractivity contribution in [1.29, 1.82) is 0 Å². The van der Waals surface area contributed by atoms with Gasteiger partial charge in [0.1, 0.15) is 16.8 Å². The largest absolute Gasteiger partial charge is 0.353 e. The molecule has 0 N–H and O–H groups in total. The Hall–Kier alpha value is -0.870. The van der Waals surface area contributed by atoms with Gasteiger partial charge in [-0.05, 0) is 20.4 Å². The van der Waals surface area contributed by atoms with Gasteiger partial charge in [0, 0.05) is 37.2 Å². The van der Waals surface area contributed by atoms with Crippen LogP contribution in [0, 0.1) is 6.92 Å². The van der Waals surface area contributed by atoms with E-state index < -0.39 is 0 Å². The van der Waals surface area contributed by atoms with E-state index in [1.165, 1.54) is 0 Å². The first kappa shape index (κ1) is 15.5. The van der Waals surface area contributed by atoms with E-state index in [-0.39, 0.29) is 0 Å². The lowest BCUT2D eigenvalue weighted by molar-refractivity contribution is 0.212. The van der Waals surface area contributed by atoms with Crippen LogP contribution in [0.1, 0.15) is 44.5 Å². The van der Waals surface area contributed by atoms with Crippen molar-refractivity contribution in [3.8, 4) is 0 Å². The Labute approximate surface area is 127 Å². The molecule has 112 valence electrons. The van der Waals surface area contributed by atoms with Gasteiger partial charge >= 0.3 is 0 Å². The monoisotopic (exact) mass is 296 g/mol. The molecule has 0 amide bonds. The first-order chi connectivity index (χ1) is 9.43. The molecule has 0 aromatic carbocycles. The zero-order chi connectivity index (χ0) is 14.9. The fourth-order valence-electron chi connectivity index (χ4n) is 2.64. The average molecular weight is 297 g/mol. The highest BCUT2D eigenvalue weighted by atomic mass is 35.5. The first-order valence-corrected chi connectivity index (χ1v) is 7.81. The molecule has 4 nitrogen and oxygen atoms in total. The predicted octanol–water partition coefficient (Wildman–Crippen LogP) is 3.09. The molecule has 1 aromatic rings. The number of hydrogen-bond donors (Lipinski definition) is 0. The highest BCUT2D eigenvalue weighted by molar-refractivity contribution is 6.30. The third-order valence-electron chi connectivity index (χ3n) is 4.14. The minimum atomic E-state index is 0.293. The van der Waals surface area contributed by atoms with Crippen LogP contribution in [0.5, 0.6) is 0 Å². The second-order valence-electron chi connectivity index (χ2n) is 5.96. The maximum absolute atomic E-state index is 6.29. The highest BCUT2D eigenvalue weighted by Crippen LogP contribution is 2.27. The number of anilines is 1. The molecule has 0 radical (unpaired) electrons. The van der Waals surface area contributed by atoms with Crippen LogP contribution >= 0.6 is 11.6 Å². The van der Waals surface area contributed by atoms with Gasteiger partial charge in [-0.25, -0.2) is 9.97 Å². The Bertz CT molecular complexity index is 475. The summed E-state index contributed by atoms with van der Waals surface area (Å²) < 4.78 is 0. The molecule has 1 aliphatic rings. The molecule has 0 spiro atoms. The molecular weight excluding hydrogens is 272 g/mol. The van der Waals surface area contributed by atoms with Crippen molar-refractivity contribution in [3.05, 3.63) is 16.5 Å². The van der Waals surface area contributed by atoms with Crippen LogP contribution in [0.25, 0.3) is 0 Å². The van der Waals surface area contributed by atoms with Crippen LogP contribution in [0.2, 0.25) is 5.15 Å². The van der Waals surface area contributed by atoms with Crippen molar-refractivity contribution in [3.63, 3.8) is 0 Å². The van der Waals surface area contributed by atoms with Crippen LogP contribution in [0.4, 0.5) is 5.82 Å². The van der Waals surface area contributed by atoms with Crippen LogP contribution in [0.3, 0.4) is 0 Å². The number of rotatable bonds is 3. The van der Waals surface area contributed by atoms with E-state index in [2.05, 4.69) is 42.6 Å². The van der Waals surface area contributed by atoms with Gasteiger partial charge in [-0.15, -0.1) is 0 Å². The zero-order valence-electron chi connectivity index (χ0n) is 13.1. The third kappa shape index (κ3) is 3.07. The fourth-order valence-corrected chi connectivity index (χ4v) is 2.81. The van der Waals surface area contributed by atoms with Crippen LogP contribution < -0.4 is 4.90 Å². The lowest BCUT2D eigenvalue weighted by Gasteiger charge is -2.40. The quantitative estimate of drug-likeness (QED) is 0.802. The van der Waals surface area contributed by atoms with Gasteiger partial charge < -0.3 is 4.90 Å². The third-order valence-corrected chi connectivity index (χ3v) is 4.51. The average Bonchev–Trinajstić information content (AvgIpc) is 2.42. The van der Waals surface area contributed by atoms with Gasteiger partial charge in [-0.1, -0.05) is 32.4 Å². The fraction of sp³-hybridized carbons (Fsp3) is 0.733. The lowest BCUT2D eigenvalue weighted by Crippen LogP contribution is -2.51. The van der Waals surface area contributed by atoms with Gasteiger partial charge in [0.05, 0.1) is 0 Å². The van der Waals surface area contributed by atoms with E-state index in [9.17, 15) is 0 Å².